The molecule has 3 rings (SSSR count). The molecule has 1 aliphatic heterocycles. The van der Waals surface area contributed by atoms with Crippen molar-refractivity contribution in [3.05, 3.63) is 59.2 Å². The highest BCUT2D eigenvalue weighted by Crippen LogP contribution is 2.43. The molecular weight excluding hydrogens is 314 g/mol. The summed E-state index contributed by atoms with van der Waals surface area (Å²) in [4.78, 5) is 25.2. The Labute approximate surface area is 148 Å². The number of ether oxygens (including phenoxy) is 1. The summed E-state index contributed by atoms with van der Waals surface area (Å²) in [6.07, 6.45) is 1.88. The van der Waals surface area contributed by atoms with E-state index >= 15 is 0 Å². The zero-order chi connectivity index (χ0) is 18.0. The minimum absolute atomic E-state index is 0.0235. The van der Waals surface area contributed by atoms with Crippen LogP contribution in [0.25, 0.3) is 0 Å². The number of carbonyl (C=O) groups is 2. The largest absolute Gasteiger partial charge is 0.462 e. The lowest BCUT2D eigenvalue weighted by atomic mass is 9.77. The van der Waals surface area contributed by atoms with Gasteiger partial charge in [0.05, 0.1) is 12.2 Å². The van der Waals surface area contributed by atoms with Crippen molar-refractivity contribution in [2.24, 2.45) is 0 Å². The molecule has 0 fully saturated rings. The van der Waals surface area contributed by atoms with Crippen molar-refractivity contribution < 1.29 is 14.3 Å². The van der Waals surface area contributed by atoms with E-state index in [0.717, 1.165) is 30.6 Å². The standard InChI is InChI=1S/C21H23NO3/c1-4-25-20(24)16-6-8-17(9-7-16)22-12-11-21(2,3)18-13-15(14-23)5-10-19(18)22/h5-10,13-14H,4,11-12H2,1-3H3. The molecule has 130 valence electrons. The number of anilines is 2. The van der Waals surface area contributed by atoms with Gasteiger partial charge in [0.2, 0.25) is 0 Å². The number of rotatable bonds is 4. The topological polar surface area (TPSA) is 46.6 Å². The summed E-state index contributed by atoms with van der Waals surface area (Å²) in [6, 6.07) is 13.3. The molecule has 0 aromatic heterocycles. The zero-order valence-corrected chi connectivity index (χ0v) is 14.9. The minimum atomic E-state index is -0.301. The quantitative estimate of drug-likeness (QED) is 0.609. The molecule has 0 aliphatic carbocycles. The van der Waals surface area contributed by atoms with Crippen LogP contribution in [-0.4, -0.2) is 25.4 Å². The van der Waals surface area contributed by atoms with Crippen LogP contribution in [0.2, 0.25) is 0 Å². The van der Waals surface area contributed by atoms with E-state index in [9.17, 15) is 9.59 Å². The third-order valence-corrected chi connectivity index (χ3v) is 4.83. The molecule has 0 atom stereocenters. The Morgan fingerprint density at radius 1 is 1.20 bits per heavy atom. The van der Waals surface area contributed by atoms with Crippen LogP contribution in [0.3, 0.4) is 0 Å². The predicted molar refractivity (Wildman–Crippen MR) is 98.9 cm³/mol. The second-order valence-electron chi connectivity index (χ2n) is 6.95. The van der Waals surface area contributed by atoms with E-state index in [1.165, 1.54) is 5.56 Å². The number of carbonyl (C=O) groups excluding carboxylic acids is 2. The van der Waals surface area contributed by atoms with Gasteiger partial charge < -0.3 is 9.64 Å². The number of benzene rings is 2. The fourth-order valence-electron chi connectivity index (χ4n) is 3.31. The number of hydrogen-bond acceptors (Lipinski definition) is 4. The van der Waals surface area contributed by atoms with Crippen LogP contribution in [0.4, 0.5) is 11.4 Å². The van der Waals surface area contributed by atoms with Crippen LogP contribution in [0.15, 0.2) is 42.5 Å². The average Bonchev–Trinajstić information content (AvgIpc) is 2.62. The Kier molecular flexibility index (Phi) is 4.62. The van der Waals surface area contributed by atoms with Crippen LogP contribution < -0.4 is 4.90 Å². The highest BCUT2D eigenvalue weighted by atomic mass is 16.5. The van der Waals surface area contributed by atoms with E-state index in [1.807, 2.05) is 30.3 Å². The molecular formula is C21H23NO3. The van der Waals surface area contributed by atoms with Crippen molar-refractivity contribution in [3.8, 4) is 0 Å². The van der Waals surface area contributed by atoms with Gasteiger partial charge in [0, 0.05) is 23.5 Å². The molecule has 4 nitrogen and oxygen atoms in total. The van der Waals surface area contributed by atoms with Gasteiger partial charge in [-0.15, -0.1) is 0 Å². The summed E-state index contributed by atoms with van der Waals surface area (Å²) in [7, 11) is 0. The first-order chi connectivity index (χ1) is 12.0. The fourth-order valence-corrected chi connectivity index (χ4v) is 3.31. The lowest BCUT2D eigenvalue weighted by Gasteiger charge is -2.40. The molecule has 0 saturated heterocycles. The van der Waals surface area contributed by atoms with Gasteiger partial charge in [0.15, 0.2) is 0 Å². The lowest BCUT2D eigenvalue weighted by Crippen LogP contribution is -2.34. The average molecular weight is 337 g/mol. The predicted octanol–water partition coefficient (Wildman–Crippen LogP) is 4.50. The third-order valence-electron chi connectivity index (χ3n) is 4.83. The Balaban J connectivity index is 1.96. The monoisotopic (exact) mass is 337 g/mol. The van der Waals surface area contributed by atoms with Gasteiger partial charge in [-0.05, 0) is 66.8 Å². The van der Waals surface area contributed by atoms with E-state index in [-0.39, 0.29) is 11.4 Å². The summed E-state index contributed by atoms with van der Waals surface area (Å²) in [5, 5.41) is 0. The minimum Gasteiger partial charge on any atom is -0.462 e. The molecule has 25 heavy (non-hydrogen) atoms. The first kappa shape index (κ1) is 17.2. The Hall–Kier alpha value is -2.62. The molecule has 0 bridgehead atoms. The van der Waals surface area contributed by atoms with Crippen molar-refractivity contribution in [2.75, 3.05) is 18.1 Å². The van der Waals surface area contributed by atoms with Gasteiger partial charge in [-0.25, -0.2) is 4.79 Å². The third kappa shape index (κ3) is 3.29. The molecule has 0 N–H and O–H groups in total. The van der Waals surface area contributed by atoms with Crippen LogP contribution in [0, 0.1) is 0 Å². The van der Waals surface area contributed by atoms with Gasteiger partial charge in [-0.2, -0.15) is 0 Å². The van der Waals surface area contributed by atoms with Crippen LogP contribution >= 0.6 is 0 Å². The van der Waals surface area contributed by atoms with Gasteiger partial charge in [0.25, 0.3) is 0 Å². The maximum absolute atomic E-state index is 11.8. The number of fused-ring (bicyclic) bond motifs is 1. The molecule has 4 heteroatoms. The van der Waals surface area contributed by atoms with Gasteiger partial charge in [0.1, 0.15) is 6.29 Å². The normalized spacial score (nSPS) is 15.4. The van der Waals surface area contributed by atoms with Crippen LogP contribution in [0.5, 0.6) is 0 Å². The van der Waals surface area contributed by atoms with E-state index in [2.05, 4.69) is 18.7 Å². The number of aldehydes is 1. The summed E-state index contributed by atoms with van der Waals surface area (Å²) in [5.74, 6) is -0.301. The Morgan fingerprint density at radius 2 is 1.92 bits per heavy atom. The summed E-state index contributed by atoms with van der Waals surface area (Å²) in [5.41, 5.74) is 4.61. The smallest absolute Gasteiger partial charge is 0.338 e. The van der Waals surface area contributed by atoms with Gasteiger partial charge in [-0.3, -0.25) is 4.79 Å². The lowest BCUT2D eigenvalue weighted by molar-refractivity contribution is 0.0526. The van der Waals surface area contributed by atoms with Gasteiger partial charge in [-0.1, -0.05) is 13.8 Å². The zero-order valence-electron chi connectivity index (χ0n) is 14.9. The molecule has 0 amide bonds. The summed E-state index contributed by atoms with van der Waals surface area (Å²) in [6.45, 7) is 7.48. The Morgan fingerprint density at radius 3 is 2.56 bits per heavy atom. The van der Waals surface area contributed by atoms with Crippen molar-refractivity contribution in [2.45, 2.75) is 32.6 Å². The molecule has 0 spiro atoms. The second-order valence-corrected chi connectivity index (χ2v) is 6.95. The maximum Gasteiger partial charge on any atom is 0.338 e. The van der Waals surface area contributed by atoms with E-state index in [4.69, 9.17) is 4.74 Å². The van der Waals surface area contributed by atoms with Crippen molar-refractivity contribution in [1.29, 1.82) is 0 Å². The highest BCUT2D eigenvalue weighted by molar-refractivity contribution is 5.90. The molecule has 0 saturated carbocycles. The first-order valence-electron chi connectivity index (χ1n) is 8.60. The molecule has 1 heterocycles. The van der Waals surface area contributed by atoms with Gasteiger partial charge >= 0.3 is 5.97 Å². The number of hydrogen-bond donors (Lipinski definition) is 0. The summed E-state index contributed by atoms with van der Waals surface area (Å²) < 4.78 is 5.04. The van der Waals surface area contributed by atoms with Crippen LogP contribution in [-0.2, 0) is 10.2 Å². The summed E-state index contributed by atoms with van der Waals surface area (Å²) >= 11 is 0. The van der Waals surface area contributed by atoms with Crippen molar-refractivity contribution >= 4 is 23.6 Å². The molecule has 1 aliphatic rings. The molecule has 0 unspecified atom stereocenters. The highest BCUT2D eigenvalue weighted by Gasteiger charge is 2.32. The molecule has 0 radical (unpaired) electrons. The van der Waals surface area contributed by atoms with Crippen molar-refractivity contribution in [1.82, 2.24) is 0 Å². The SMILES string of the molecule is CCOC(=O)c1ccc(N2CCC(C)(C)c3cc(C=O)ccc32)cc1. The van der Waals surface area contributed by atoms with E-state index in [0.29, 0.717) is 17.7 Å². The van der Waals surface area contributed by atoms with Crippen molar-refractivity contribution in [3.63, 3.8) is 0 Å². The molecule has 2 aromatic carbocycles. The van der Waals surface area contributed by atoms with E-state index < -0.39 is 0 Å². The Bertz CT molecular complexity index is 793. The van der Waals surface area contributed by atoms with E-state index in [1.54, 1.807) is 19.1 Å². The number of nitrogens with zero attached hydrogens (tertiary/aromatic N) is 1. The fraction of sp³-hybridized carbons (Fsp3) is 0.333. The number of esters is 1. The second kappa shape index (κ2) is 6.71. The molecule has 2 aromatic rings. The maximum atomic E-state index is 11.8. The van der Waals surface area contributed by atoms with Crippen LogP contribution in [0.1, 0.15) is 53.5 Å². The first-order valence-corrected chi connectivity index (χ1v) is 8.60.